The molecule has 1 fully saturated rings. The third-order valence-corrected chi connectivity index (χ3v) is 4.49. The topological polar surface area (TPSA) is 66.9 Å². The van der Waals surface area contributed by atoms with Crippen molar-refractivity contribution in [2.75, 3.05) is 6.54 Å². The highest BCUT2D eigenvalue weighted by atomic mass is 35.5. The van der Waals surface area contributed by atoms with Gasteiger partial charge in [-0.3, -0.25) is 4.79 Å². The maximum atomic E-state index is 11.8. The summed E-state index contributed by atoms with van der Waals surface area (Å²) < 4.78 is 0. The van der Waals surface area contributed by atoms with Crippen LogP contribution in [0.1, 0.15) is 50.0 Å². The number of amides is 1. The lowest BCUT2D eigenvalue weighted by Gasteiger charge is -2.12. The van der Waals surface area contributed by atoms with Crippen molar-refractivity contribution in [2.24, 2.45) is 0 Å². The van der Waals surface area contributed by atoms with Gasteiger partial charge in [-0.05, 0) is 19.4 Å². The lowest BCUT2D eigenvalue weighted by atomic mass is 9.98. The fraction of sp³-hybridized carbons (Fsp3) is 0.769. The summed E-state index contributed by atoms with van der Waals surface area (Å²) >= 11 is 1.57. The molecule has 2 N–H and O–H groups in total. The normalized spacial score (nSPS) is 18.6. The van der Waals surface area contributed by atoms with E-state index in [9.17, 15) is 4.79 Å². The predicted molar refractivity (Wildman–Crippen MR) is 83.3 cm³/mol. The molecule has 7 heteroatoms. The standard InChI is InChI=1S/C13H22N4OS.ClH/c1-13(2,3)12-17-16-11(19-12)8-15-10(18)7-9-5-4-6-14-9;/h9,14H,4-8H2,1-3H3,(H,15,18);1H. The molecule has 0 radical (unpaired) electrons. The minimum Gasteiger partial charge on any atom is -0.349 e. The lowest BCUT2D eigenvalue weighted by Crippen LogP contribution is -2.31. The van der Waals surface area contributed by atoms with E-state index in [2.05, 4.69) is 41.6 Å². The zero-order valence-electron chi connectivity index (χ0n) is 12.2. The quantitative estimate of drug-likeness (QED) is 0.891. The first-order valence-corrected chi connectivity index (χ1v) is 7.60. The molecule has 1 unspecified atom stereocenters. The number of hydrogen-bond donors (Lipinski definition) is 2. The zero-order valence-corrected chi connectivity index (χ0v) is 13.9. The molecule has 0 aromatic carbocycles. The van der Waals surface area contributed by atoms with Gasteiger partial charge in [-0.2, -0.15) is 0 Å². The van der Waals surface area contributed by atoms with Crippen LogP contribution in [-0.4, -0.2) is 28.7 Å². The average molecular weight is 319 g/mol. The summed E-state index contributed by atoms with van der Waals surface area (Å²) in [6, 6.07) is 0.347. The Morgan fingerprint density at radius 1 is 1.45 bits per heavy atom. The van der Waals surface area contributed by atoms with E-state index in [0.717, 1.165) is 23.0 Å². The van der Waals surface area contributed by atoms with Crippen LogP contribution in [0.15, 0.2) is 0 Å². The van der Waals surface area contributed by atoms with Crippen LogP contribution in [0.4, 0.5) is 0 Å². The number of rotatable bonds is 4. The molecule has 1 amide bonds. The maximum absolute atomic E-state index is 11.8. The first-order chi connectivity index (χ1) is 8.95. The molecule has 1 atom stereocenters. The maximum Gasteiger partial charge on any atom is 0.221 e. The fourth-order valence-corrected chi connectivity index (χ4v) is 2.87. The molecule has 1 aromatic heterocycles. The van der Waals surface area contributed by atoms with Gasteiger partial charge in [-0.25, -0.2) is 0 Å². The largest absolute Gasteiger partial charge is 0.349 e. The van der Waals surface area contributed by atoms with E-state index in [1.807, 2.05) is 0 Å². The van der Waals surface area contributed by atoms with Gasteiger partial charge in [0.15, 0.2) is 0 Å². The number of nitrogens with zero attached hydrogens (tertiary/aromatic N) is 2. The van der Waals surface area contributed by atoms with Crippen molar-refractivity contribution in [3.63, 3.8) is 0 Å². The van der Waals surface area contributed by atoms with E-state index in [0.29, 0.717) is 19.0 Å². The third-order valence-electron chi connectivity index (χ3n) is 3.14. The van der Waals surface area contributed by atoms with Crippen LogP contribution >= 0.6 is 23.7 Å². The summed E-state index contributed by atoms with van der Waals surface area (Å²) in [5.41, 5.74) is 0.0215. The summed E-state index contributed by atoms with van der Waals surface area (Å²) in [6.07, 6.45) is 2.83. The summed E-state index contributed by atoms with van der Waals surface area (Å²) in [5.74, 6) is 0.0897. The molecule has 1 aliphatic rings. The van der Waals surface area contributed by atoms with Crippen LogP contribution in [0.3, 0.4) is 0 Å². The molecular formula is C13H23ClN4OS. The van der Waals surface area contributed by atoms with Gasteiger partial charge in [-0.1, -0.05) is 32.1 Å². The third kappa shape index (κ3) is 5.00. The van der Waals surface area contributed by atoms with E-state index < -0.39 is 0 Å². The Hall–Kier alpha value is -0.720. The number of nitrogens with one attached hydrogen (secondary N) is 2. The molecule has 2 heterocycles. The van der Waals surface area contributed by atoms with Crippen LogP contribution in [-0.2, 0) is 16.8 Å². The summed E-state index contributed by atoms with van der Waals surface area (Å²) in [5, 5.41) is 16.4. The SMILES string of the molecule is CC(C)(C)c1nnc(CNC(=O)CC2CCCN2)s1.Cl. The lowest BCUT2D eigenvalue weighted by molar-refractivity contribution is -0.121. The highest BCUT2D eigenvalue weighted by Gasteiger charge is 2.20. The van der Waals surface area contributed by atoms with E-state index in [4.69, 9.17) is 0 Å². The molecule has 1 aliphatic heterocycles. The van der Waals surface area contributed by atoms with Gasteiger partial charge in [-0.15, -0.1) is 22.6 Å². The Kier molecular flexibility index (Phi) is 6.36. The van der Waals surface area contributed by atoms with Gasteiger partial charge < -0.3 is 10.6 Å². The van der Waals surface area contributed by atoms with Gasteiger partial charge in [0.1, 0.15) is 10.0 Å². The minimum absolute atomic E-state index is 0. The van der Waals surface area contributed by atoms with Crippen LogP contribution < -0.4 is 10.6 Å². The molecule has 0 bridgehead atoms. The smallest absolute Gasteiger partial charge is 0.221 e. The Morgan fingerprint density at radius 2 is 2.20 bits per heavy atom. The van der Waals surface area contributed by atoms with Crippen molar-refractivity contribution in [2.45, 2.75) is 58.0 Å². The molecule has 0 spiro atoms. The molecule has 5 nitrogen and oxygen atoms in total. The van der Waals surface area contributed by atoms with Crippen molar-refractivity contribution in [1.29, 1.82) is 0 Å². The Labute approximate surface area is 130 Å². The van der Waals surface area contributed by atoms with E-state index >= 15 is 0 Å². The van der Waals surface area contributed by atoms with Crippen molar-refractivity contribution in [1.82, 2.24) is 20.8 Å². The molecule has 1 aromatic rings. The molecule has 0 saturated carbocycles. The second-order valence-electron chi connectivity index (χ2n) is 6.03. The van der Waals surface area contributed by atoms with E-state index in [-0.39, 0.29) is 23.7 Å². The minimum atomic E-state index is 0. The predicted octanol–water partition coefficient (Wildman–Crippen LogP) is 2.02. The van der Waals surface area contributed by atoms with Gasteiger partial charge >= 0.3 is 0 Å². The summed E-state index contributed by atoms with van der Waals surface area (Å²) in [4.78, 5) is 11.8. The fourth-order valence-electron chi connectivity index (χ4n) is 2.03. The highest BCUT2D eigenvalue weighted by molar-refractivity contribution is 7.11. The number of aromatic nitrogens is 2. The molecule has 114 valence electrons. The number of carbonyl (C=O) groups excluding carboxylic acids is 1. The van der Waals surface area contributed by atoms with Crippen LogP contribution in [0.5, 0.6) is 0 Å². The van der Waals surface area contributed by atoms with Crippen LogP contribution in [0.25, 0.3) is 0 Å². The van der Waals surface area contributed by atoms with E-state index in [1.165, 1.54) is 6.42 Å². The highest BCUT2D eigenvalue weighted by Crippen LogP contribution is 2.25. The number of halogens is 1. The molecule has 1 saturated heterocycles. The summed E-state index contributed by atoms with van der Waals surface area (Å²) in [7, 11) is 0. The zero-order chi connectivity index (χ0) is 13.9. The first-order valence-electron chi connectivity index (χ1n) is 6.78. The van der Waals surface area contributed by atoms with Crippen LogP contribution in [0, 0.1) is 0 Å². The average Bonchev–Trinajstić information content (AvgIpc) is 2.95. The number of hydrogen-bond acceptors (Lipinski definition) is 5. The van der Waals surface area contributed by atoms with Gasteiger partial charge in [0.05, 0.1) is 6.54 Å². The Balaban J connectivity index is 0.00000200. The molecule has 0 aliphatic carbocycles. The molecular weight excluding hydrogens is 296 g/mol. The monoisotopic (exact) mass is 318 g/mol. The first kappa shape index (κ1) is 17.3. The second kappa shape index (κ2) is 7.33. The van der Waals surface area contributed by atoms with Gasteiger partial charge in [0.25, 0.3) is 0 Å². The van der Waals surface area contributed by atoms with Crippen molar-refractivity contribution in [3.05, 3.63) is 10.0 Å². The second-order valence-corrected chi connectivity index (χ2v) is 7.09. The summed E-state index contributed by atoms with van der Waals surface area (Å²) in [6.45, 7) is 7.85. The molecule has 2 rings (SSSR count). The van der Waals surface area contributed by atoms with Gasteiger partial charge in [0.2, 0.25) is 5.91 Å². The van der Waals surface area contributed by atoms with Crippen molar-refractivity contribution >= 4 is 29.7 Å². The van der Waals surface area contributed by atoms with Gasteiger partial charge in [0, 0.05) is 17.9 Å². The Bertz CT molecular complexity index is 438. The van der Waals surface area contributed by atoms with Crippen molar-refractivity contribution in [3.8, 4) is 0 Å². The molecule has 20 heavy (non-hydrogen) atoms. The number of carbonyl (C=O) groups is 1. The van der Waals surface area contributed by atoms with E-state index in [1.54, 1.807) is 11.3 Å². The van der Waals surface area contributed by atoms with Crippen LogP contribution in [0.2, 0.25) is 0 Å². The van der Waals surface area contributed by atoms with Crippen molar-refractivity contribution < 1.29 is 4.79 Å². The Morgan fingerprint density at radius 3 is 2.75 bits per heavy atom.